The fourth-order valence-electron chi connectivity index (χ4n) is 2.97. The van der Waals surface area contributed by atoms with Crippen molar-refractivity contribution in [1.29, 1.82) is 0 Å². The number of hydrogen-bond donors (Lipinski definition) is 0. The van der Waals surface area contributed by atoms with Gasteiger partial charge in [0.1, 0.15) is 0 Å². The molecule has 0 aliphatic carbocycles. The molecule has 4 rings (SSSR count). The summed E-state index contributed by atoms with van der Waals surface area (Å²) < 4.78 is 12.4. The van der Waals surface area contributed by atoms with Gasteiger partial charge in [0, 0.05) is 11.3 Å². The molecule has 29 heavy (non-hydrogen) atoms. The van der Waals surface area contributed by atoms with Gasteiger partial charge in [-0.15, -0.1) is 0 Å². The van der Waals surface area contributed by atoms with Gasteiger partial charge in [0.25, 0.3) is 5.89 Å². The summed E-state index contributed by atoms with van der Waals surface area (Å²) in [5, 5.41) is 8.31. The highest BCUT2D eigenvalue weighted by molar-refractivity contribution is 5.89. The maximum atomic E-state index is 12.3. The first-order valence-electron chi connectivity index (χ1n) is 9.20. The van der Waals surface area contributed by atoms with Crippen molar-refractivity contribution < 1.29 is 14.1 Å². The third kappa shape index (κ3) is 4.08. The van der Waals surface area contributed by atoms with E-state index < -0.39 is 5.97 Å². The highest BCUT2D eigenvalue weighted by atomic mass is 16.5. The lowest BCUT2D eigenvalue weighted by Gasteiger charge is -2.06. The van der Waals surface area contributed by atoms with Gasteiger partial charge in [-0.25, -0.2) is 9.48 Å². The van der Waals surface area contributed by atoms with Crippen molar-refractivity contribution in [3.63, 3.8) is 0 Å². The smallest absolute Gasteiger partial charge is 0.338 e. The highest BCUT2D eigenvalue weighted by Crippen LogP contribution is 2.18. The first-order valence-corrected chi connectivity index (χ1v) is 9.20. The summed E-state index contributed by atoms with van der Waals surface area (Å²) in [4.78, 5) is 16.6. The van der Waals surface area contributed by atoms with Crippen LogP contribution in [-0.4, -0.2) is 25.9 Å². The molecule has 2 heterocycles. The number of carbonyl (C=O) groups is 1. The van der Waals surface area contributed by atoms with Gasteiger partial charge in [-0.05, 0) is 63.2 Å². The minimum absolute atomic E-state index is 0.0621. The molecule has 0 aliphatic rings. The van der Waals surface area contributed by atoms with Crippen molar-refractivity contribution in [2.45, 2.75) is 27.4 Å². The van der Waals surface area contributed by atoms with E-state index in [4.69, 9.17) is 9.26 Å². The van der Waals surface area contributed by atoms with Crippen LogP contribution >= 0.6 is 0 Å². The summed E-state index contributed by atoms with van der Waals surface area (Å²) in [6.45, 7) is 5.87. The van der Waals surface area contributed by atoms with Gasteiger partial charge in [0.15, 0.2) is 6.61 Å². The fraction of sp³-hybridized carbons (Fsp3) is 0.182. The van der Waals surface area contributed by atoms with E-state index in [0.717, 1.165) is 28.2 Å². The molecule has 0 atom stereocenters. The lowest BCUT2D eigenvalue weighted by Crippen LogP contribution is -2.07. The molecule has 146 valence electrons. The number of benzene rings is 2. The Bertz CT molecular complexity index is 1140. The lowest BCUT2D eigenvalue weighted by atomic mass is 10.1. The van der Waals surface area contributed by atoms with E-state index in [-0.39, 0.29) is 6.61 Å². The quantitative estimate of drug-likeness (QED) is 0.477. The molecule has 0 N–H and O–H groups in total. The summed E-state index contributed by atoms with van der Waals surface area (Å²) in [6, 6.07) is 16.8. The zero-order valence-corrected chi connectivity index (χ0v) is 16.4. The number of rotatable bonds is 5. The maximum Gasteiger partial charge on any atom is 0.338 e. The van der Waals surface area contributed by atoms with Crippen molar-refractivity contribution >= 4 is 5.97 Å². The Morgan fingerprint density at radius 1 is 1.03 bits per heavy atom. The monoisotopic (exact) mass is 388 g/mol. The molecule has 4 aromatic rings. The summed E-state index contributed by atoms with van der Waals surface area (Å²) in [5.74, 6) is 0.255. The van der Waals surface area contributed by atoms with E-state index in [9.17, 15) is 4.79 Å². The van der Waals surface area contributed by atoms with Crippen LogP contribution in [0, 0.1) is 20.8 Å². The first kappa shape index (κ1) is 18.6. The second kappa shape index (κ2) is 7.71. The van der Waals surface area contributed by atoms with Gasteiger partial charge in [0.05, 0.1) is 16.9 Å². The van der Waals surface area contributed by atoms with E-state index in [1.54, 1.807) is 12.1 Å². The fourth-order valence-corrected chi connectivity index (χ4v) is 2.97. The number of nitrogens with zero attached hydrogens (tertiary/aromatic N) is 4. The molecular weight excluding hydrogens is 368 g/mol. The van der Waals surface area contributed by atoms with E-state index in [2.05, 4.69) is 15.2 Å². The third-order valence-corrected chi connectivity index (χ3v) is 4.46. The van der Waals surface area contributed by atoms with Gasteiger partial charge >= 0.3 is 5.97 Å². The molecule has 0 unspecified atom stereocenters. The third-order valence-electron chi connectivity index (χ3n) is 4.46. The molecule has 0 aliphatic heterocycles. The average Bonchev–Trinajstić information content (AvgIpc) is 3.33. The minimum atomic E-state index is -0.452. The summed E-state index contributed by atoms with van der Waals surface area (Å²) in [7, 11) is 0. The van der Waals surface area contributed by atoms with Gasteiger partial charge in [-0.2, -0.15) is 10.1 Å². The Morgan fingerprint density at radius 2 is 1.76 bits per heavy atom. The Hall–Kier alpha value is -3.74. The Balaban J connectivity index is 1.40. The van der Waals surface area contributed by atoms with Crippen molar-refractivity contribution in [3.8, 4) is 17.1 Å². The minimum Gasteiger partial charge on any atom is -0.454 e. The SMILES string of the molecule is Cc1ccc(-c2nc(COC(=O)c3ccc(-n4nc(C)cc4C)cc3)no2)cc1. The van der Waals surface area contributed by atoms with Gasteiger partial charge in [-0.1, -0.05) is 22.9 Å². The molecular formula is C22H20N4O3. The van der Waals surface area contributed by atoms with E-state index in [1.165, 1.54) is 0 Å². The standard InChI is InChI=1S/C22H20N4O3/c1-14-4-6-17(7-5-14)21-23-20(25-29-21)13-28-22(27)18-8-10-19(11-9-18)26-16(3)12-15(2)24-26/h4-12H,13H2,1-3H3. The first-order chi connectivity index (χ1) is 14.0. The molecule has 2 aromatic heterocycles. The predicted octanol–water partition coefficient (Wildman–Crippen LogP) is 4.20. The number of aryl methyl sites for hydroxylation is 3. The van der Waals surface area contributed by atoms with Crippen LogP contribution in [0.25, 0.3) is 17.1 Å². The number of carbonyl (C=O) groups excluding carboxylic acids is 1. The van der Waals surface area contributed by atoms with Crippen LogP contribution < -0.4 is 0 Å². The number of hydrogen-bond acceptors (Lipinski definition) is 6. The van der Waals surface area contributed by atoms with Gasteiger partial charge < -0.3 is 9.26 Å². The Labute approximate surface area is 167 Å². The summed E-state index contributed by atoms with van der Waals surface area (Å²) in [5.41, 5.74) is 5.26. The van der Waals surface area contributed by atoms with E-state index >= 15 is 0 Å². The number of aromatic nitrogens is 4. The molecule has 7 heteroatoms. The zero-order valence-electron chi connectivity index (χ0n) is 16.4. The topological polar surface area (TPSA) is 83.0 Å². The molecule has 2 aromatic carbocycles. The molecule has 0 radical (unpaired) electrons. The normalized spacial score (nSPS) is 10.9. The van der Waals surface area contributed by atoms with E-state index in [1.807, 2.05) is 67.9 Å². The van der Waals surface area contributed by atoms with Crippen LogP contribution in [0.1, 0.15) is 33.1 Å². The van der Waals surface area contributed by atoms with Crippen LogP contribution in [0.5, 0.6) is 0 Å². The van der Waals surface area contributed by atoms with E-state index in [0.29, 0.717) is 17.3 Å². The Morgan fingerprint density at radius 3 is 2.41 bits per heavy atom. The molecule has 0 fully saturated rings. The van der Waals surface area contributed by atoms with Crippen LogP contribution in [0.4, 0.5) is 0 Å². The molecule has 7 nitrogen and oxygen atoms in total. The van der Waals surface area contributed by atoms with Crippen LogP contribution in [0.2, 0.25) is 0 Å². The molecule has 0 saturated carbocycles. The van der Waals surface area contributed by atoms with Crippen molar-refractivity contribution in [3.05, 3.63) is 82.9 Å². The van der Waals surface area contributed by atoms with Crippen molar-refractivity contribution in [2.75, 3.05) is 0 Å². The second-order valence-electron chi connectivity index (χ2n) is 6.84. The van der Waals surface area contributed by atoms with Gasteiger partial charge in [-0.3, -0.25) is 0 Å². The zero-order chi connectivity index (χ0) is 20.4. The van der Waals surface area contributed by atoms with Crippen LogP contribution in [-0.2, 0) is 11.3 Å². The van der Waals surface area contributed by atoms with Crippen LogP contribution in [0.3, 0.4) is 0 Å². The largest absolute Gasteiger partial charge is 0.454 e. The molecule has 0 bridgehead atoms. The van der Waals surface area contributed by atoms with Gasteiger partial charge in [0.2, 0.25) is 5.82 Å². The summed E-state index contributed by atoms with van der Waals surface area (Å²) in [6.07, 6.45) is 0. The second-order valence-corrected chi connectivity index (χ2v) is 6.84. The number of ether oxygens (including phenoxy) is 1. The molecule has 0 spiro atoms. The van der Waals surface area contributed by atoms with Crippen molar-refractivity contribution in [1.82, 2.24) is 19.9 Å². The highest BCUT2D eigenvalue weighted by Gasteiger charge is 2.13. The average molecular weight is 388 g/mol. The maximum absolute atomic E-state index is 12.3. The Kier molecular flexibility index (Phi) is 4.95. The van der Waals surface area contributed by atoms with Crippen LogP contribution in [0.15, 0.2) is 59.1 Å². The predicted molar refractivity (Wildman–Crippen MR) is 107 cm³/mol. The molecule has 0 amide bonds. The van der Waals surface area contributed by atoms with Crippen molar-refractivity contribution in [2.24, 2.45) is 0 Å². The molecule has 0 saturated heterocycles. The number of esters is 1. The lowest BCUT2D eigenvalue weighted by molar-refractivity contribution is 0.0459. The summed E-state index contributed by atoms with van der Waals surface area (Å²) >= 11 is 0.